The third-order valence-corrected chi connectivity index (χ3v) is 3.87. The largest absolute Gasteiger partial charge is 0.462 e. The van der Waals surface area contributed by atoms with Crippen LogP contribution in [0.3, 0.4) is 0 Å². The van der Waals surface area contributed by atoms with Gasteiger partial charge in [0.05, 0.1) is 29.3 Å². The molecule has 0 spiro atoms. The number of carbonyl (C=O) groups is 2. The van der Waals surface area contributed by atoms with Gasteiger partial charge in [-0.1, -0.05) is 18.2 Å². The lowest BCUT2D eigenvalue weighted by Crippen LogP contribution is -2.17. The van der Waals surface area contributed by atoms with Crippen LogP contribution in [0.25, 0.3) is 0 Å². The molecule has 2 aromatic rings. The van der Waals surface area contributed by atoms with E-state index in [9.17, 15) is 9.59 Å². The van der Waals surface area contributed by atoms with E-state index in [-0.39, 0.29) is 11.7 Å². The number of anilines is 1. The highest BCUT2D eigenvalue weighted by Crippen LogP contribution is 2.17. The van der Waals surface area contributed by atoms with Crippen LogP contribution in [0, 0.1) is 0 Å². The molecule has 0 aliphatic heterocycles. The van der Waals surface area contributed by atoms with Crippen LogP contribution in [0.4, 0.5) is 5.69 Å². The number of thioether (sulfide) groups is 1. The van der Waals surface area contributed by atoms with E-state index in [0.29, 0.717) is 23.6 Å². The quantitative estimate of drug-likeness (QED) is 0.790. The predicted molar refractivity (Wildman–Crippen MR) is 91.4 cm³/mol. The number of para-hydroxylation sites is 1. The standard InChI is InChI=1S/C17H18N2O3S/c1-2-22-17(21)14-8-3-4-9-15(14)19-16(20)12-23-11-13-7-5-6-10-18-13/h3-10H,2,11-12H2,1H3,(H,19,20). The van der Waals surface area contributed by atoms with Crippen LogP contribution in [-0.4, -0.2) is 29.2 Å². The Kier molecular flexibility index (Phi) is 6.62. The third-order valence-electron chi connectivity index (χ3n) is 2.91. The number of nitrogens with one attached hydrogen (secondary N) is 1. The van der Waals surface area contributed by atoms with E-state index in [1.54, 1.807) is 37.4 Å². The van der Waals surface area contributed by atoms with Crippen LogP contribution >= 0.6 is 11.8 Å². The molecule has 1 aromatic carbocycles. The Morgan fingerprint density at radius 2 is 1.96 bits per heavy atom. The van der Waals surface area contributed by atoms with Crippen LogP contribution in [0.5, 0.6) is 0 Å². The molecule has 0 saturated carbocycles. The molecule has 6 heteroatoms. The van der Waals surface area contributed by atoms with Crippen molar-refractivity contribution >= 4 is 29.3 Å². The Labute approximate surface area is 139 Å². The van der Waals surface area contributed by atoms with Crippen LogP contribution in [0.2, 0.25) is 0 Å². The minimum absolute atomic E-state index is 0.164. The highest BCUT2D eigenvalue weighted by Gasteiger charge is 2.13. The predicted octanol–water partition coefficient (Wildman–Crippen LogP) is 3.13. The van der Waals surface area contributed by atoms with E-state index in [2.05, 4.69) is 10.3 Å². The van der Waals surface area contributed by atoms with E-state index in [0.717, 1.165) is 5.69 Å². The van der Waals surface area contributed by atoms with Gasteiger partial charge in [-0.3, -0.25) is 9.78 Å². The summed E-state index contributed by atoms with van der Waals surface area (Å²) in [4.78, 5) is 28.1. The molecule has 1 N–H and O–H groups in total. The van der Waals surface area contributed by atoms with Gasteiger partial charge in [-0.2, -0.15) is 0 Å². The van der Waals surface area contributed by atoms with Gasteiger partial charge in [-0.15, -0.1) is 11.8 Å². The zero-order chi connectivity index (χ0) is 16.5. The minimum atomic E-state index is -0.440. The number of amides is 1. The van der Waals surface area contributed by atoms with Crippen LogP contribution in [-0.2, 0) is 15.3 Å². The van der Waals surface area contributed by atoms with Crippen molar-refractivity contribution in [1.82, 2.24) is 4.98 Å². The number of esters is 1. The maximum absolute atomic E-state index is 12.0. The number of hydrogen-bond acceptors (Lipinski definition) is 5. The molecular weight excluding hydrogens is 312 g/mol. The molecule has 0 unspecified atom stereocenters. The molecule has 0 saturated heterocycles. The molecule has 0 aliphatic carbocycles. The summed E-state index contributed by atoms with van der Waals surface area (Å²) in [7, 11) is 0. The Morgan fingerprint density at radius 3 is 2.70 bits per heavy atom. The number of benzene rings is 1. The monoisotopic (exact) mass is 330 g/mol. The number of rotatable bonds is 7. The average Bonchev–Trinajstić information content (AvgIpc) is 2.56. The van der Waals surface area contributed by atoms with Crippen molar-refractivity contribution in [3.8, 4) is 0 Å². The minimum Gasteiger partial charge on any atom is -0.462 e. The normalized spacial score (nSPS) is 10.1. The highest BCUT2D eigenvalue weighted by molar-refractivity contribution is 7.99. The molecule has 0 atom stereocenters. The van der Waals surface area contributed by atoms with E-state index < -0.39 is 5.97 Å². The fraction of sp³-hybridized carbons (Fsp3) is 0.235. The van der Waals surface area contributed by atoms with Crippen molar-refractivity contribution in [2.24, 2.45) is 0 Å². The van der Waals surface area contributed by atoms with Crippen LogP contribution in [0.1, 0.15) is 23.0 Å². The number of ether oxygens (including phenoxy) is 1. The molecule has 120 valence electrons. The van der Waals surface area contributed by atoms with Gasteiger partial charge in [-0.25, -0.2) is 4.79 Å². The van der Waals surface area contributed by atoms with Gasteiger partial charge in [0.1, 0.15) is 0 Å². The van der Waals surface area contributed by atoms with Gasteiger partial charge < -0.3 is 10.1 Å². The summed E-state index contributed by atoms with van der Waals surface area (Å²) < 4.78 is 4.99. The SMILES string of the molecule is CCOC(=O)c1ccccc1NC(=O)CSCc1ccccn1. The zero-order valence-corrected chi connectivity index (χ0v) is 13.6. The summed E-state index contributed by atoms with van der Waals surface area (Å²) in [6.45, 7) is 2.04. The summed E-state index contributed by atoms with van der Waals surface area (Å²) in [5.41, 5.74) is 1.75. The maximum Gasteiger partial charge on any atom is 0.340 e. The molecule has 1 heterocycles. The summed E-state index contributed by atoms with van der Waals surface area (Å²) in [5, 5.41) is 2.76. The van der Waals surface area contributed by atoms with Gasteiger partial charge in [0.15, 0.2) is 0 Å². The molecule has 5 nitrogen and oxygen atoms in total. The van der Waals surface area contributed by atoms with Crippen molar-refractivity contribution in [3.63, 3.8) is 0 Å². The van der Waals surface area contributed by atoms with Gasteiger partial charge >= 0.3 is 5.97 Å². The average molecular weight is 330 g/mol. The Hall–Kier alpha value is -2.34. The third kappa shape index (κ3) is 5.41. The van der Waals surface area contributed by atoms with Crippen LogP contribution < -0.4 is 5.32 Å². The molecule has 0 fully saturated rings. The lowest BCUT2D eigenvalue weighted by molar-refractivity contribution is -0.113. The number of aromatic nitrogens is 1. The zero-order valence-electron chi connectivity index (χ0n) is 12.8. The number of nitrogens with zero attached hydrogens (tertiary/aromatic N) is 1. The Morgan fingerprint density at radius 1 is 1.17 bits per heavy atom. The fourth-order valence-corrected chi connectivity index (χ4v) is 2.64. The molecule has 2 rings (SSSR count). The lowest BCUT2D eigenvalue weighted by Gasteiger charge is -2.10. The second-order valence-electron chi connectivity index (χ2n) is 4.63. The molecule has 0 aliphatic rings. The summed E-state index contributed by atoms with van der Waals surface area (Å²) >= 11 is 1.47. The Bertz CT molecular complexity index is 662. The topological polar surface area (TPSA) is 68.3 Å². The van der Waals surface area contributed by atoms with Crippen molar-refractivity contribution in [2.75, 3.05) is 17.7 Å². The van der Waals surface area contributed by atoms with Crippen molar-refractivity contribution < 1.29 is 14.3 Å². The molecule has 1 aromatic heterocycles. The first-order chi connectivity index (χ1) is 11.2. The van der Waals surface area contributed by atoms with Crippen molar-refractivity contribution in [3.05, 3.63) is 59.9 Å². The first-order valence-electron chi connectivity index (χ1n) is 7.24. The summed E-state index contributed by atoms with van der Waals surface area (Å²) in [5.74, 6) is 0.342. The Balaban J connectivity index is 1.89. The van der Waals surface area contributed by atoms with Crippen molar-refractivity contribution in [2.45, 2.75) is 12.7 Å². The smallest absolute Gasteiger partial charge is 0.340 e. The van der Waals surface area contributed by atoms with Gasteiger partial charge in [-0.05, 0) is 31.2 Å². The molecule has 0 radical (unpaired) electrons. The molecule has 0 bridgehead atoms. The molecule has 1 amide bonds. The highest BCUT2D eigenvalue weighted by atomic mass is 32.2. The van der Waals surface area contributed by atoms with Crippen molar-refractivity contribution in [1.29, 1.82) is 0 Å². The van der Waals surface area contributed by atoms with E-state index in [1.807, 2.05) is 18.2 Å². The molecular formula is C17H18N2O3S. The first-order valence-corrected chi connectivity index (χ1v) is 8.40. The number of carbonyl (C=O) groups excluding carboxylic acids is 2. The van der Waals surface area contributed by atoms with E-state index in [1.165, 1.54) is 11.8 Å². The van der Waals surface area contributed by atoms with E-state index in [4.69, 9.17) is 4.74 Å². The van der Waals surface area contributed by atoms with Gasteiger partial charge in [0, 0.05) is 11.9 Å². The second-order valence-corrected chi connectivity index (χ2v) is 5.61. The fourth-order valence-electron chi connectivity index (χ4n) is 1.90. The maximum atomic E-state index is 12.0. The summed E-state index contributed by atoms with van der Waals surface area (Å²) in [6.07, 6.45) is 1.73. The lowest BCUT2D eigenvalue weighted by atomic mass is 10.2. The summed E-state index contributed by atoms with van der Waals surface area (Å²) in [6, 6.07) is 12.5. The number of hydrogen-bond donors (Lipinski definition) is 1. The second kappa shape index (κ2) is 8.95. The molecule has 23 heavy (non-hydrogen) atoms. The van der Waals surface area contributed by atoms with Crippen LogP contribution in [0.15, 0.2) is 48.7 Å². The number of pyridine rings is 1. The first kappa shape index (κ1) is 17.0. The van der Waals surface area contributed by atoms with Gasteiger partial charge in [0.2, 0.25) is 5.91 Å². The van der Waals surface area contributed by atoms with E-state index >= 15 is 0 Å². The van der Waals surface area contributed by atoms with Gasteiger partial charge in [0.25, 0.3) is 0 Å².